The summed E-state index contributed by atoms with van der Waals surface area (Å²) in [6.07, 6.45) is -1.46. The molecule has 74 valence electrons. The highest BCUT2D eigenvalue weighted by Gasteiger charge is 2.17. The lowest BCUT2D eigenvalue weighted by Gasteiger charge is -2.08. The maximum Gasteiger partial charge on any atom is 0.281 e. The van der Waals surface area contributed by atoms with Gasteiger partial charge in [0.2, 0.25) is 0 Å². The first-order valence-electron chi connectivity index (χ1n) is 3.65. The summed E-state index contributed by atoms with van der Waals surface area (Å²) in [5.74, 6) is 0. The van der Waals surface area contributed by atoms with Gasteiger partial charge in [-0.3, -0.25) is 4.98 Å². The van der Waals surface area contributed by atoms with Crippen LogP contribution in [0.3, 0.4) is 0 Å². The molecule has 0 aliphatic rings. The van der Waals surface area contributed by atoms with Crippen molar-refractivity contribution in [3.63, 3.8) is 0 Å². The Balaban J connectivity index is 3.27. The first-order valence-corrected chi connectivity index (χ1v) is 4.73. The Morgan fingerprint density at radius 2 is 2.29 bits per heavy atom. The van der Waals surface area contributed by atoms with Crippen LogP contribution in [0.2, 0.25) is 0 Å². The van der Waals surface area contributed by atoms with Gasteiger partial charge in [0.25, 0.3) is 6.43 Å². The third-order valence-electron chi connectivity index (χ3n) is 1.64. The Bertz CT molecular complexity index is 387. The molecule has 0 bridgehead atoms. The second-order valence-corrected chi connectivity index (χ2v) is 3.61. The average Bonchev–Trinajstić information content (AvgIpc) is 2.11. The third kappa shape index (κ3) is 2.09. The number of nitriles is 1. The van der Waals surface area contributed by atoms with Gasteiger partial charge in [-0.1, -0.05) is 0 Å². The number of nitrogen functional groups attached to an aromatic ring is 1. The number of nitrogens with zero attached hydrogens (tertiary/aromatic N) is 2. The summed E-state index contributed by atoms with van der Waals surface area (Å²) in [5, 5.41) is 8.48. The van der Waals surface area contributed by atoms with Gasteiger partial charge < -0.3 is 5.73 Å². The number of nitrogens with two attached hydrogens (primary N) is 1. The number of anilines is 1. The number of rotatable bonds is 2. The van der Waals surface area contributed by atoms with Crippen LogP contribution in [0, 0.1) is 14.9 Å². The van der Waals surface area contributed by atoms with E-state index in [-0.39, 0.29) is 21.4 Å². The highest BCUT2D eigenvalue weighted by Crippen LogP contribution is 2.28. The second-order valence-electron chi connectivity index (χ2n) is 2.53. The van der Waals surface area contributed by atoms with Gasteiger partial charge >= 0.3 is 0 Å². The lowest BCUT2D eigenvalue weighted by molar-refractivity contribution is 0.145. The molecule has 6 heteroatoms. The highest BCUT2D eigenvalue weighted by molar-refractivity contribution is 14.1. The number of aromatic nitrogens is 1. The highest BCUT2D eigenvalue weighted by atomic mass is 127. The van der Waals surface area contributed by atoms with E-state index >= 15 is 0 Å². The van der Waals surface area contributed by atoms with Crippen LogP contribution in [0.5, 0.6) is 0 Å². The molecule has 0 saturated heterocycles. The molecule has 0 fully saturated rings. The summed E-state index contributed by atoms with van der Waals surface area (Å²) in [7, 11) is 0. The summed E-state index contributed by atoms with van der Waals surface area (Å²) in [6, 6.07) is 1.87. The summed E-state index contributed by atoms with van der Waals surface area (Å²) in [4.78, 5) is 3.53. The van der Waals surface area contributed by atoms with Crippen molar-refractivity contribution in [2.24, 2.45) is 0 Å². The minimum atomic E-state index is -2.64. The van der Waals surface area contributed by atoms with Crippen LogP contribution in [0.15, 0.2) is 6.20 Å². The molecular formula is C8H6F2IN3. The Kier molecular flexibility index (Phi) is 3.57. The van der Waals surface area contributed by atoms with E-state index in [9.17, 15) is 8.78 Å². The second kappa shape index (κ2) is 4.50. The lowest BCUT2D eigenvalue weighted by Crippen LogP contribution is -2.04. The Morgan fingerprint density at radius 1 is 1.64 bits per heavy atom. The lowest BCUT2D eigenvalue weighted by atomic mass is 10.1. The van der Waals surface area contributed by atoms with Crippen LogP contribution in [0.4, 0.5) is 14.5 Å². The third-order valence-corrected chi connectivity index (χ3v) is 2.85. The predicted octanol–water partition coefficient (Wildman–Crippen LogP) is 2.27. The van der Waals surface area contributed by atoms with Crippen molar-refractivity contribution in [1.82, 2.24) is 4.98 Å². The Labute approximate surface area is 93.1 Å². The fourth-order valence-electron chi connectivity index (χ4n) is 0.966. The van der Waals surface area contributed by atoms with Crippen molar-refractivity contribution in [3.8, 4) is 6.07 Å². The predicted molar refractivity (Wildman–Crippen MR) is 55.6 cm³/mol. The van der Waals surface area contributed by atoms with Crippen LogP contribution in [-0.4, -0.2) is 4.98 Å². The first-order chi connectivity index (χ1) is 6.57. The molecule has 0 spiro atoms. The van der Waals surface area contributed by atoms with Crippen molar-refractivity contribution < 1.29 is 8.78 Å². The van der Waals surface area contributed by atoms with Crippen molar-refractivity contribution in [2.45, 2.75) is 12.8 Å². The van der Waals surface area contributed by atoms with Crippen molar-refractivity contribution >= 4 is 28.3 Å². The minimum Gasteiger partial charge on any atom is -0.397 e. The number of alkyl halides is 2. The van der Waals surface area contributed by atoms with Crippen LogP contribution in [0.25, 0.3) is 0 Å². The first kappa shape index (κ1) is 11.1. The van der Waals surface area contributed by atoms with Gasteiger partial charge in [0.15, 0.2) is 0 Å². The van der Waals surface area contributed by atoms with Gasteiger partial charge in [-0.05, 0) is 22.6 Å². The summed E-state index contributed by atoms with van der Waals surface area (Å²) in [5.41, 5.74) is 5.91. The zero-order valence-electron chi connectivity index (χ0n) is 6.97. The molecule has 1 heterocycles. The van der Waals surface area contributed by atoms with E-state index in [1.165, 1.54) is 0 Å². The normalized spacial score (nSPS) is 10.2. The van der Waals surface area contributed by atoms with E-state index in [0.717, 1.165) is 6.20 Å². The van der Waals surface area contributed by atoms with E-state index in [1.54, 1.807) is 22.6 Å². The molecule has 0 unspecified atom stereocenters. The summed E-state index contributed by atoms with van der Waals surface area (Å²) in [6.45, 7) is 0. The maximum absolute atomic E-state index is 12.4. The molecule has 1 aromatic heterocycles. The quantitative estimate of drug-likeness (QED) is 0.853. The van der Waals surface area contributed by atoms with Gasteiger partial charge in [0.1, 0.15) is 5.69 Å². The topological polar surface area (TPSA) is 62.7 Å². The zero-order valence-corrected chi connectivity index (χ0v) is 9.12. The maximum atomic E-state index is 12.4. The number of halogens is 3. The van der Waals surface area contributed by atoms with Crippen LogP contribution >= 0.6 is 22.6 Å². The molecule has 14 heavy (non-hydrogen) atoms. The van der Waals surface area contributed by atoms with Gasteiger partial charge in [-0.15, -0.1) is 0 Å². The largest absolute Gasteiger partial charge is 0.397 e. The van der Waals surface area contributed by atoms with Gasteiger partial charge in [0, 0.05) is 9.13 Å². The molecule has 0 saturated carbocycles. The zero-order chi connectivity index (χ0) is 10.7. The average molecular weight is 309 g/mol. The fourth-order valence-corrected chi connectivity index (χ4v) is 1.84. The molecule has 0 aromatic carbocycles. The molecule has 0 aliphatic carbocycles. The van der Waals surface area contributed by atoms with Crippen LogP contribution in [-0.2, 0) is 6.42 Å². The van der Waals surface area contributed by atoms with Gasteiger partial charge in [-0.25, -0.2) is 8.78 Å². The molecule has 1 rings (SSSR count). The monoisotopic (exact) mass is 309 g/mol. The molecule has 1 aromatic rings. The van der Waals surface area contributed by atoms with Crippen molar-refractivity contribution in [3.05, 3.63) is 21.0 Å². The molecular weight excluding hydrogens is 303 g/mol. The van der Waals surface area contributed by atoms with E-state index in [4.69, 9.17) is 11.0 Å². The Morgan fingerprint density at radius 3 is 2.79 bits per heavy atom. The van der Waals surface area contributed by atoms with Gasteiger partial charge in [0.05, 0.1) is 24.4 Å². The van der Waals surface area contributed by atoms with E-state index in [2.05, 4.69) is 4.98 Å². The minimum absolute atomic E-state index is 0.0202. The summed E-state index contributed by atoms with van der Waals surface area (Å²) < 4.78 is 25.1. The van der Waals surface area contributed by atoms with E-state index in [0.29, 0.717) is 5.56 Å². The smallest absolute Gasteiger partial charge is 0.281 e. The molecule has 2 N–H and O–H groups in total. The molecule has 0 radical (unpaired) electrons. The van der Waals surface area contributed by atoms with Crippen LogP contribution in [0.1, 0.15) is 17.7 Å². The van der Waals surface area contributed by atoms with Gasteiger partial charge in [-0.2, -0.15) is 5.26 Å². The molecule has 0 aliphatic heterocycles. The Hall–Kier alpha value is -0.970. The molecule has 3 nitrogen and oxygen atoms in total. The van der Waals surface area contributed by atoms with Crippen molar-refractivity contribution in [1.29, 1.82) is 5.26 Å². The van der Waals surface area contributed by atoms with Crippen LogP contribution < -0.4 is 5.73 Å². The SMILES string of the molecule is N#CCc1c(N)cnc(C(F)F)c1I. The number of hydrogen-bond acceptors (Lipinski definition) is 3. The van der Waals surface area contributed by atoms with E-state index < -0.39 is 6.43 Å². The number of hydrogen-bond donors (Lipinski definition) is 1. The van der Waals surface area contributed by atoms with Crippen molar-refractivity contribution in [2.75, 3.05) is 5.73 Å². The molecule has 0 amide bonds. The fraction of sp³-hybridized carbons (Fsp3) is 0.250. The number of pyridine rings is 1. The summed E-state index contributed by atoms with van der Waals surface area (Å²) >= 11 is 1.73. The standard InChI is InChI=1S/C8H6F2IN3/c9-8(10)7-6(11)4(1-2-12)5(13)3-14-7/h3,8H,1,13H2. The van der Waals surface area contributed by atoms with E-state index in [1.807, 2.05) is 6.07 Å². The molecule has 0 atom stereocenters.